The van der Waals surface area contributed by atoms with E-state index in [-0.39, 0.29) is 12.5 Å². The van der Waals surface area contributed by atoms with Gasteiger partial charge in [-0.2, -0.15) is 26.3 Å². The highest BCUT2D eigenvalue weighted by Gasteiger charge is 2.39. The van der Waals surface area contributed by atoms with Gasteiger partial charge in [0.05, 0.1) is 12.1 Å². The number of alkyl halides is 6. The van der Waals surface area contributed by atoms with Gasteiger partial charge < -0.3 is 14.7 Å². The highest BCUT2D eigenvalue weighted by atomic mass is 19.4. The van der Waals surface area contributed by atoms with Gasteiger partial charge in [0, 0.05) is 18.3 Å². The fourth-order valence-electron chi connectivity index (χ4n) is 3.88. The van der Waals surface area contributed by atoms with Crippen molar-refractivity contribution >= 4 is 5.69 Å². The number of benzene rings is 2. The van der Waals surface area contributed by atoms with Gasteiger partial charge in [0.25, 0.3) is 0 Å². The number of nitrogens with zero attached hydrogens (tertiary/aromatic N) is 1. The Morgan fingerprint density at radius 2 is 1.66 bits per heavy atom. The Labute approximate surface area is 182 Å². The summed E-state index contributed by atoms with van der Waals surface area (Å²) in [5, 5.41) is 9.61. The smallest absolute Gasteiger partial charge is 0.416 e. The number of hydrogen-bond donors (Lipinski definition) is 1. The van der Waals surface area contributed by atoms with Crippen LogP contribution < -0.4 is 9.64 Å². The molecular formula is C23H25F6NO2. The third-order valence-corrected chi connectivity index (χ3v) is 5.57. The van der Waals surface area contributed by atoms with Gasteiger partial charge in [0.15, 0.2) is 6.10 Å². The Balaban J connectivity index is 1.73. The van der Waals surface area contributed by atoms with Crippen LogP contribution in [0.5, 0.6) is 5.75 Å². The minimum Gasteiger partial charge on any atom is -0.489 e. The molecule has 9 heteroatoms. The minimum absolute atomic E-state index is 0.124. The lowest BCUT2D eigenvalue weighted by Gasteiger charge is -2.30. The van der Waals surface area contributed by atoms with Crippen molar-refractivity contribution in [3.8, 4) is 5.75 Å². The van der Waals surface area contributed by atoms with E-state index in [1.807, 2.05) is 0 Å². The van der Waals surface area contributed by atoms with Crippen molar-refractivity contribution in [2.75, 3.05) is 18.0 Å². The molecule has 32 heavy (non-hydrogen) atoms. The Morgan fingerprint density at radius 1 is 0.969 bits per heavy atom. The van der Waals surface area contributed by atoms with E-state index in [0.29, 0.717) is 23.5 Å². The van der Waals surface area contributed by atoms with E-state index in [4.69, 9.17) is 4.74 Å². The van der Waals surface area contributed by atoms with Gasteiger partial charge in [-0.25, -0.2) is 0 Å². The van der Waals surface area contributed by atoms with Crippen molar-refractivity contribution in [1.29, 1.82) is 0 Å². The molecule has 0 amide bonds. The molecule has 0 saturated heterocycles. The largest absolute Gasteiger partial charge is 0.489 e. The average molecular weight is 461 g/mol. The van der Waals surface area contributed by atoms with E-state index in [9.17, 15) is 31.4 Å². The topological polar surface area (TPSA) is 32.7 Å². The quantitative estimate of drug-likeness (QED) is 0.475. The van der Waals surface area contributed by atoms with E-state index in [1.54, 1.807) is 24.3 Å². The van der Waals surface area contributed by atoms with Gasteiger partial charge in [-0.05, 0) is 48.6 Å². The van der Waals surface area contributed by atoms with Crippen LogP contribution in [0.2, 0.25) is 0 Å². The van der Waals surface area contributed by atoms with Crippen LogP contribution in [0.25, 0.3) is 0 Å². The molecule has 0 radical (unpaired) electrons. The van der Waals surface area contributed by atoms with Crippen molar-refractivity contribution in [3.63, 3.8) is 0 Å². The predicted molar refractivity (Wildman–Crippen MR) is 108 cm³/mol. The summed E-state index contributed by atoms with van der Waals surface area (Å²) in [7, 11) is 0. The summed E-state index contributed by atoms with van der Waals surface area (Å²) in [6, 6.07) is 11.1. The maximum atomic E-state index is 13.0. The number of halogens is 6. The molecule has 2 aromatic carbocycles. The molecule has 0 heterocycles. The molecule has 1 N–H and O–H groups in total. The summed E-state index contributed by atoms with van der Waals surface area (Å²) < 4.78 is 83.1. The molecule has 1 saturated carbocycles. The molecule has 1 aliphatic carbocycles. The summed E-state index contributed by atoms with van der Waals surface area (Å²) >= 11 is 0. The monoisotopic (exact) mass is 461 g/mol. The van der Waals surface area contributed by atoms with E-state index in [0.717, 1.165) is 37.8 Å². The second-order valence-corrected chi connectivity index (χ2v) is 8.10. The highest BCUT2D eigenvalue weighted by Crippen LogP contribution is 2.32. The van der Waals surface area contributed by atoms with Gasteiger partial charge in [0.1, 0.15) is 12.4 Å². The Hall–Kier alpha value is -2.42. The van der Waals surface area contributed by atoms with Crippen molar-refractivity contribution in [2.24, 2.45) is 5.92 Å². The van der Waals surface area contributed by atoms with Gasteiger partial charge in [-0.3, -0.25) is 0 Å². The molecule has 2 aromatic rings. The predicted octanol–water partition coefficient (Wildman–Crippen LogP) is 6.20. The molecule has 0 aromatic heterocycles. The number of aliphatic hydroxyl groups excluding tert-OH is 1. The van der Waals surface area contributed by atoms with Gasteiger partial charge in [-0.1, -0.05) is 31.0 Å². The normalized spacial score (nSPS) is 16.2. The second-order valence-electron chi connectivity index (χ2n) is 8.10. The van der Waals surface area contributed by atoms with E-state index in [1.165, 1.54) is 17.0 Å². The molecule has 1 aliphatic rings. The SMILES string of the molecule is OC(CN(CC1CCCC1)c1cccc(OCc2cccc(C(F)(F)F)c2)c1)C(F)(F)F. The maximum absolute atomic E-state index is 13.0. The summed E-state index contributed by atoms with van der Waals surface area (Å²) in [6.45, 7) is -0.345. The number of anilines is 1. The first-order chi connectivity index (χ1) is 15.0. The second kappa shape index (κ2) is 10.0. The molecular weight excluding hydrogens is 436 g/mol. The fraction of sp³-hybridized carbons (Fsp3) is 0.478. The number of hydrogen-bond acceptors (Lipinski definition) is 3. The average Bonchev–Trinajstić information content (AvgIpc) is 3.24. The van der Waals surface area contributed by atoms with Crippen LogP contribution >= 0.6 is 0 Å². The Kier molecular flexibility index (Phi) is 7.59. The van der Waals surface area contributed by atoms with Crippen LogP contribution in [-0.4, -0.2) is 30.5 Å². The number of rotatable bonds is 8. The van der Waals surface area contributed by atoms with Crippen LogP contribution in [0.4, 0.5) is 32.0 Å². The lowest BCUT2D eigenvalue weighted by atomic mass is 10.1. The third kappa shape index (κ3) is 6.79. The molecule has 1 unspecified atom stereocenters. The summed E-state index contributed by atoms with van der Waals surface area (Å²) in [6.07, 6.45) is -7.78. The van der Waals surface area contributed by atoms with Crippen molar-refractivity contribution in [3.05, 3.63) is 59.7 Å². The first-order valence-electron chi connectivity index (χ1n) is 10.4. The Morgan fingerprint density at radius 3 is 2.31 bits per heavy atom. The standard InChI is InChI=1S/C23H25F6NO2/c24-22(25,26)18-8-3-7-17(11-18)15-32-20-10-4-9-19(12-20)30(13-16-5-1-2-6-16)14-21(31)23(27,28)29/h3-4,7-12,16,21,31H,1-2,5-6,13-15H2. The summed E-state index contributed by atoms with van der Waals surface area (Å²) in [5.74, 6) is 0.558. The zero-order valence-corrected chi connectivity index (χ0v) is 17.3. The number of ether oxygens (including phenoxy) is 1. The first-order valence-corrected chi connectivity index (χ1v) is 10.4. The van der Waals surface area contributed by atoms with Gasteiger partial charge in [0.2, 0.25) is 0 Å². The van der Waals surface area contributed by atoms with E-state index in [2.05, 4.69) is 0 Å². The number of aliphatic hydroxyl groups is 1. The molecule has 0 spiro atoms. The maximum Gasteiger partial charge on any atom is 0.416 e. The lowest BCUT2D eigenvalue weighted by molar-refractivity contribution is -0.200. The molecule has 1 fully saturated rings. The van der Waals surface area contributed by atoms with Gasteiger partial charge in [-0.15, -0.1) is 0 Å². The van der Waals surface area contributed by atoms with E-state index < -0.39 is 30.6 Å². The summed E-state index contributed by atoms with van der Waals surface area (Å²) in [5.41, 5.74) is -0.00139. The van der Waals surface area contributed by atoms with Crippen LogP contribution in [0.1, 0.15) is 36.8 Å². The van der Waals surface area contributed by atoms with Crippen LogP contribution in [0.15, 0.2) is 48.5 Å². The lowest BCUT2D eigenvalue weighted by Crippen LogP contribution is -2.42. The van der Waals surface area contributed by atoms with Crippen LogP contribution in [0, 0.1) is 5.92 Å². The van der Waals surface area contributed by atoms with Crippen LogP contribution in [0.3, 0.4) is 0 Å². The van der Waals surface area contributed by atoms with Crippen molar-refractivity contribution < 1.29 is 36.2 Å². The fourth-order valence-corrected chi connectivity index (χ4v) is 3.88. The first kappa shape index (κ1) is 24.2. The Bertz CT molecular complexity index is 877. The molecule has 176 valence electrons. The third-order valence-electron chi connectivity index (χ3n) is 5.57. The molecule has 0 bridgehead atoms. The minimum atomic E-state index is -4.73. The van der Waals surface area contributed by atoms with Crippen LogP contribution in [-0.2, 0) is 12.8 Å². The van der Waals surface area contributed by atoms with Crippen molar-refractivity contribution in [1.82, 2.24) is 0 Å². The molecule has 3 nitrogen and oxygen atoms in total. The highest BCUT2D eigenvalue weighted by molar-refractivity contribution is 5.51. The van der Waals surface area contributed by atoms with Gasteiger partial charge >= 0.3 is 12.4 Å². The molecule has 1 atom stereocenters. The zero-order valence-electron chi connectivity index (χ0n) is 17.3. The molecule has 0 aliphatic heterocycles. The molecule has 3 rings (SSSR count). The van der Waals surface area contributed by atoms with E-state index >= 15 is 0 Å². The zero-order chi connectivity index (χ0) is 23.4. The van der Waals surface area contributed by atoms with Crippen molar-refractivity contribution in [2.45, 2.75) is 50.7 Å². The summed E-state index contributed by atoms with van der Waals surface area (Å²) in [4.78, 5) is 1.51.